The lowest BCUT2D eigenvalue weighted by molar-refractivity contribution is 0.255. The Bertz CT molecular complexity index is 535. The van der Waals surface area contributed by atoms with Crippen LogP contribution in [0.1, 0.15) is 30.7 Å². The summed E-state index contributed by atoms with van der Waals surface area (Å²) in [5.74, 6) is 1.31. The Kier molecular flexibility index (Phi) is 3.41. The van der Waals surface area contributed by atoms with Crippen molar-refractivity contribution in [2.24, 2.45) is 0 Å². The van der Waals surface area contributed by atoms with Gasteiger partial charge in [-0.1, -0.05) is 0 Å². The number of rotatable bonds is 4. The first-order valence-electron chi connectivity index (χ1n) is 6.25. The monoisotopic (exact) mass is 263 g/mol. The molecule has 2 aromatic rings. The summed E-state index contributed by atoms with van der Waals surface area (Å²) in [4.78, 5) is 0. The van der Waals surface area contributed by atoms with E-state index in [1.54, 1.807) is 12.1 Å². The maximum Gasteiger partial charge on any atom is 0.253 e. The number of hydrogen-bond acceptors (Lipinski definition) is 5. The Hall–Kier alpha value is -1.95. The van der Waals surface area contributed by atoms with Gasteiger partial charge in [0.05, 0.1) is 6.04 Å². The van der Waals surface area contributed by atoms with Gasteiger partial charge in [-0.25, -0.2) is 4.39 Å². The number of nitrogens with one attached hydrogen (secondary N) is 1. The number of aromatic nitrogens is 2. The molecule has 100 valence electrons. The van der Waals surface area contributed by atoms with Crippen LogP contribution < -0.4 is 10.1 Å². The second kappa shape index (κ2) is 5.36. The van der Waals surface area contributed by atoms with E-state index >= 15 is 0 Å². The Morgan fingerprint density at radius 1 is 1.32 bits per heavy atom. The average molecular weight is 263 g/mol. The zero-order chi connectivity index (χ0) is 13.1. The van der Waals surface area contributed by atoms with E-state index in [9.17, 15) is 4.39 Å². The average Bonchev–Trinajstić information content (AvgIpc) is 3.09. The van der Waals surface area contributed by atoms with Gasteiger partial charge in [0.25, 0.3) is 5.89 Å². The molecule has 1 aliphatic heterocycles. The number of hydrogen-bond donors (Lipinski definition) is 1. The van der Waals surface area contributed by atoms with E-state index in [1.807, 2.05) is 0 Å². The van der Waals surface area contributed by atoms with E-state index in [0.29, 0.717) is 17.5 Å². The summed E-state index contributed by atoms with van der Waals surface area (Å²) < 4.78 is 23.7. The van der Waals surface area contributed by atoms with E-state index in [1.165, 1.54) is 12.1 Å². The predicted octanol–water partition coefficient (Wildman–Crippen LogP) is 2.21. The first kappa shape index (κ1) is 12.1. The van der Waals surface area contributed by atoms with Crippen molar-refractivity contribution in [2.45, 2.75) is 25.5 Å². The van der Waals surface area contributed by atoms with Crippen LogP contribution in [-0.2, 0) is 6.61 Å². The van der Waals surface area contributed by atoms with Crippen LogP contribution in [0, 0.1) is 5.82 Å². The van der Waals surface area contributed by atoms with Crippen LogP contribution in [0.15, 0.2) is 28.7 Å². The first-order chi connectivity index (χ1) is 9.31. The van der Waals surface area contributed by atoms with Crippen molar-refractivity contribution in [1.29, 1.82) is 0 Å². The third kappa shape index (κ3) is 2.90. The normalized spacial score (nSPS) is 18.7. The van der Waals surface area contributed by atoms with Crippen molar-refractivity contribution < 1.29 is 13.5 Å². The van der Waals surface area contributed by atoms with Crippen molar-refractivity contribution in [1.82, 2.24) is 15.5 Å². The maximum absolute atomic E-state index is 12.7. The first-order valence-corrected chi connectivity index (χ1v) is 6.25. The molecule has 1 N–H and O–H groups in total. The summed E-state index contributed by atoms with van der Waals surface area (Å²) in [6.07, 6.45) is 2.13. The van der Waals surface area contributed by atoms with Crippen LogP contribution in [0.3, 0.4) is 0 Å². The SMILES string of the molecule is Fc1ccc(OCc2nnc(C3CCCN3)o2)cc1. The summed E-state index contributed by atoms with van der Waals surface area (Å²) in [5, 5.41) is 11.2. The van der Waals surface area contributed by atoms with Crippen LogP contribution in [0.5, 0.6) is 5.75 Å². The summed E-state index contributed by atoms with van der Waals surface area (Å²) in [6.45, 7) is 1.17. The molecular formula is C13H14FN3O2. The van der Waals surface area contributed by atoms with Crippen molar-refractivity contribution in [3.63, 3.8) is 0 Å². The lowest BCUT2D eigenvalue weighted by Crippen LogP contribution is -2.12. The molecule has 1 aromatic carbocycles. The van der Waals surface area contributed by atoms with Gasteiger partial charge in [-0.2, -0.15) is 0 Å². The molecule has 1 aliphatic rings. The summed E-state index contributed by atoms with van der Waals surface area (Å²) in [7, 11) is 0. The van der Waals surface area contributed by atoms with E-state index in [0.717, 1.165) is 19.4 Å². The van der Waals surface area contributed by atoms with Crippen LogP contribution in [-0.4, -0.2) is 16.7 Å². The van der Waals surface area contributed by atoms with Gasteiger partial charge in [0.2, 0.25) is 5.89 Å². The minimum Gasteiger partial charge on any atom is -0.484 e. The molecule has 6 heteroatoms. The maximum atomic E-state index is 12.7. The Morgan fingerprint density at radius 3 is 2.89 bits per heavy atom. The van der Waals surface area contributed by atoms with Crippen LogP contribution >= 0.6 is 0 Å². The van der Waals surface area contributed by atoms with Gasteiger partial charge < -0.3 is 14.5 Å². The molecule has 0 radical (unpaired) electrons. The Labute approximate surface area is 109 Å². The van der Waals surface area contributed by atoms with Crippen LogP contribution in [0.4, 0.5) is 4.39 Å². The quantitative estimate of drug-likeness (QED) is 0.916. The second-order valence-corrected chi connectivity index (χ2v) is 4.43. The van der Waals surface area contributed by atoms with E-state index < -0.39 is 0 Å². The molecule has 0 saturated carbocycles. The van der Waals surface area contributed by atoms with Gasteiger partial charge in [-0.15, -0.1) is 10.2 Å². The number of halogens is 1. The Morgan fingerprint density at radius 2 is 2.16 bits per heavy atom. The molecular weight excluding hydrogens is 249 g/mol. The van der Waals surface area contributed by atoms with Gasteiger partial charge in [-0.3, -0.25) is 0 Å². The third-order valence-corrected chi connectivity index (χ3v) is 3.02. The fourth-order valence-electron chi connectivity index (χ4n) is 2.04. The standard InChI is InChI=1S/C13H14FN3O2/c14-9-3-5-10(6-4-9)18-8-12-16-17-13(19-12)11-2-1-7-15-11/h3-6,11,15H,1-2,7-8H2. The van der Waals surface area contributed by atoms with Gasteiger partial charge in [0, 0.05) is 0 Å². The molecule has 19 heavy (non-hydrogen) atoms. The van der Waals surface area contributed by atoms with Crippen molar-refractivity contribution in [3.8, 4) is 5.75 Å². The minimum absolute atomic E-state index is 0.159. The minimum atomic E-state index is -0.292. The van der Waals surface area contributed by atoms with E-state index in [4.69, 9.17) is 9.15 Å². The topological polar surface area (TPSA) is 60.2 Å². The second-order valence-electron chi connectivity index (χ2n) is 4.43. The van der Waals surface area contributed by atoms with Crippen molar-refractivity contribution >= 4 is 0 Å². The summed E-state index contributed by atoms with van der Waals surface area (Å²) in [5.41, 5.74) is 0. The van der Waals surface area contributed by atoms with Gasteiger partial charge >= 0.3 is 0 Å². The van der Waals surface area contributed by atoms with Crippen LogP contribution in [0.25, 0.3) is 0 Å². The fourth-order valence-corrected chi connectivity index (χ4v) is 2.04. The third-order valence-electron chi connectivity index (χ3n) is 3.02. The molecule has 1 atom stereocenters. The molecule has 1 unspecified atom stereocenters. The van der Waals surface area contributed by atoms with Gasteiger partial charge in [0.1, 0.15) is 11.6 Å². The molecule has 3 rings (SSSR count). The molecule has 0 spiro atoms. The van der Waals surface area contributed by atoms with E-state index in [2.05, 4.69) is 15.5 Å². The highest BCUT2D eigenvalue weighted by molar-refractivity contribution is 5.22. The van der Waals surface area contributed by atoms with Crippen LogP contribution in [0.2, 0.25) is 0 Å². The Balaban J connectivity index is 1.59. The molecule has 1 saturated heterocycles. The zero-order valence-corrected chi connectivity index (χ0v) is 10.3. The lowest BCUT2D eigenvalue weighted by atomic mass is 10.2. The van der Waals surface area contributed by atoms with Crippen molar-refractivity contribution in [2.75, 3.05) is 6.54 Å². The highest BCUT2D eigenvalue weighted by Crippen LogP contribution is 2.22. The molecule has 2 heterocycles. The highest BCUT2D eigenvalue weighted by Gasteiger charge is 2.22. The summed E-state index contributed by atoms with van der Waals surface area (Å²) >= 11 is 0. The molecule has 0 aliphatic carbocycles. The van der Waals surface area contributed by atoms with E-state index in [-0.39, 0.29) is 18.5 Å². The smallest absolute Gasteiger partial charge is 0.253 e. The number of nitrogens with zero attached hydrogens (tertiary/aromatic N) is 2. The molecule has 1 aromatic heterocycles. The van der Waals surface area contributed by atoms with Gasteiger partial charge in [-0.05, 0) is 43.7 Å². The molecule has 0 amide bonds. The molecule has 5 nitrogen and oxygen atoms in total. The summed E-state index contributed by atoms with van der Waals surface area (Å²) in [6, 6.07) is 5.97. The molecule has 1 fully saturated rings. The lowest BCUT2D eigenvalue weighted by Gasteiger charge is -2.03. The zero-order valence-electron chi connectivity index (χ0n) is 10.3. The highest BCUT2D eigenvalue weighted by atomic mass is 19.1. The van der Waals surface area contributed by atoms with Gasteiger partial charge in [0.15, 0.2) is 6.61 Å². The molecule has 0 bridgehead atoms. The predicted molar refractivity (Wildman–Crippen MR) is 65.0 cm³/mol. The number of ether oxygens (including phenoxy) is 1. The number of benzene rings is 1. The fraction of sp³-hybridized carbons (Fsp3) is 0.385. The largest absolute Gasteiger partial charge is 0.484 e. The van der Waals surface area contributed by atoms with Crippen molar-refractivity contribution in [3.05, 3.63) is 41.9 Å².